The van der Waals surface area contributed by atoms with Crippen LogP contribution in [-0.4, -0.2) is 62.7 Å². The Morgan fingerprint density at radius 1 is 1.38 bits per heavy atom. The van der Waals surface area contributed by atoms with Gasteiger partial charge in [0.1, 0.15) is 0 Å². The van der Waals surface area contributed by atoms with E-state index in [0.29, 0.717) is 5.54 Å². The number of nitrogens with one attached hydrogen (secondary N) is 1. The van der Waals surface area contributed by atoms with Crippen molar-refractivity contribution < 1.29 is 0 Å². The van der Waals surface area contributed by atoms with Crippen LogP contribution >= 0.6 is 0 Å². The van der Waals surface area contributed by atoms with E-state index in [1.807, 2.05) is 0 Å². The van der Waals surface area contributed by atoms with Gasteiger partial charge in [0.25, 0.3) is 0 Å². The molecular weight excluding hydrogens is 198 g/mol. The van der Waals surface area contributed by atoms with E-state index in [-0.39, 0.29) is 0 Å². The lowest BCUT2D eigenvalue weighted by molar-refractivity contribution is 0.0188. The number of piperidine rings is 1. The van der Waals surface area contributed by atoms with Crippen molar-refractivity contribution in [2.75, 3.05) is 47.3 Å². The summed E-state index contributed by atoms with van der Waals surface area (Å²) in [6, 6.07) is 0. The van der Waals surface area contributed by atoms with Crippen LogP contribution in [-0.2, 0) is 0 Å². The summed E-state index contributed by atoms with van der Waals surface area (Å²) in [6.07, 6.45) is 2.72. The third-order valence-corrected chi connectivity index (χ3v) is 4.06. The minimum atomic E-state index is 0.345. The molecule has 1 atom stereocenters. The van der Waals surface area contributed by atoms with E-state index < -0.39 is 0 Å². The molecule has 0 amide bonds. The molecular formula is C13H29N3. The first-order valence-corrected chi connectivity index (χ1v) is 6.53. The SMILES string of the molecule is CNCC1CCCN(CCN(C)C)C1(C)C. The lowest BCUT2D eigenvalue weighted by Crippen LogP contribution is -2.56. The summed E-state index contributed by atoms with van der Waals surface area (Å²) in [4.78, 5) is 4.94. The molecule has 1 fully saturated rings. The standard InChI is InChI=1S/C13H29N3/c1-13(2)12(11-14-3)7-6-8-16(13)10-9-15(4)5/h12,14H,6-11H2,1-5H3. The van der Waals surface area contributed by atoms with E-state index >= 15 is 0 Å². The van der Waals surface area contributed by atoms with Gasteiger partial charge in [0.15, 0.2) is 0 Å². The highest BCUT2D eigenvalue weighted by Crippen LogP contribution is 2.32. The van der Waals surface area contributed by atoms with Crippen molar-refractivity contribution in [3.63, 3.8) is 0 Å². The largest absolute Gasteiger partial charge is 0.319 e. The number of hydrogen-bond acceptors (Lipinski definition) is 3. The Hall–Kier alpha value is -0.120. The second kappa shape index (κ2) is 5.99. The Kier molecular flexibility index (Phi) is 5.22. The maximum atomic E-state index is 3.34. The molecule has 0 aromatic rings. The minimum Gasteiger partial charge on any atom is -0.319 e. The third kappa shape index (κ3) is 3.44. The van der Waals surface area contributed by atoms with E-state index in [1.165, 1.54) is 25.9 Å². The smallest absolute Gasteiger partial charge is 0.0194 e. The Balaban J connectivity index is 2.55. The van der Waals surface area contributed by atoms with Crippen LogP contribution in [0.1, 0.15) is 26.7 Å². The van der Waals surface area contributed by atoms with Gasteiger partial charge in [-0.25, -0.2) is 0 Å². The maximum absolute atomic E-state index is 3.34. The molecule has 1 N–H and O–H groups in total. The normalized spacial score (nSPS) is 26.2. The Labute approximate surface area is 101 Å². The Bertz CT molecular complexity index is 199. The monoisotopic (exact) mass is 227 g/mol. The zero-order valence-corrected chi connectivity index (χ0v) is 11.7. The van der Waals surface area contributed by atoms with Gasteiger partial charge in [-0.2, -0.15) is 0 Å². The summed E-state index contributed by atoms with van der Waals surface area (Å²) in [6.45, 7) is 9.58. The predicted molar refractivity (Wildman–Crippen MR) is 70.9 cm³/mol. The zero-order valence-electron chi connectivity index (χ0n) is 11.7. The van der Waals surface area contributed by atoms with Crippen LogP contribution in [0.3, 0.4) is 0 Å². The molecule has 1 saturated heterocycles. The third-order valence-electron chi connectivity index (χ3n) is 4.06. The van der Waals surface area contributed by atoms with Crippen LogP contribution in [0, 0.1) is 5.92 Å². The van der Waals surface area contributed by atoms with Crippen molar-refractivity contribution in [2.24, 2.45) is 5.92 Å². The molecule has 1 aliphatic rings. The van der Waals surface area contributed by atoms with Crippen LogP contribution in [0.2, 0.25) is 0 Å². The average molecular weight is 227 g/mol. The molecule has 3 heteroatoms. The minimum absolute atomic E-state index is 0.345. The van der Waals surface area contributed by atoms with Crippen molar-refractivity contribution in [1.29, 1.82) is 0 Å². The summed E-state index contributed by atoms with van der Waals surface area (Å²) >= 11 is 0. The first kappa shape index (κ1) is 13.9. The quantitative estimate of drug-likeness (QED) is 0.763. The number of nitrogens with zero attached hydrogens (tertiary/aromatic N) is 2. The molecule has 1 rings (SSSR count). The molecule has 1 unspecified atom stereocenters. The maximum Gasteiger partial charge on any atom is 0.0194 e. The highest BCUT2D eigenvalue weighted by molar-refractivity contribution is 4.93. The fraction of sp³-hybridized carbons (Fsp3) is 1.00. The van der Waals surface area contributed by atoms with Crippen LogP contribution in [0.5, 0.6) is 0 Å². The van der Waals surface area contributed by atoms with E-state index in [9.17, 15) is 0 Å². The van der Waals surface area contributed by atoms with Crippen molar-refractivity contribution in [1.82, 2.24) is 15.1 Å². The predicted octanol–water partition coefficient (Wildman–Crippen LogP) is 1.26. The van der Waals surface area contributed by atoms with Crippen molar-refractivity contribution in [3.8, 4) is 0 Å². The fourth-order valence-electron chi connectivity index (χ4n) is 2.75. The number of likely N-dealkylation sites (tertiary alicyclic amines) is 1. The number of likely N-dealkylation sites (N-methyl/N-ethyl adjacent to an activating group) is 1. The summed E-state index contributed by atoms with van der Waals surface area (Å²) in [5.74, 6) is 0.786. The van der Waals surface area contributed by atoms with Crippen LogP contribution < -0.4 is 5.32 Å². The van der Waals surface area contributed by atoms with Gasteiger partial charge in [-0.15, -0.1) is 0 Å². The summed E-state index contributed by atoms with van der Waals surface area (Å²) in [5.41, 5.74) is 0.345. The van der Waals surface area contributed by atoms with Crippen LogP contribution in [0.4, 0.5) is 0 Å². The number of rotatable bonds is 5. The first-order valence-electron chi connectivity index (χ1n) is 6.53. The van der Waals surface area contributed by atoms with Gasteiger partial charge in [0.2, 0.25) is 0 Å². The van der Waals surface area contributed by atoms with Gasteiger partial charge in [-0.3, -0.25) is 4.90 Å². The zero-order chi connectivity index (χ0) is 12.2. The molecule has 0 bridgehead atoms. The summed E-state index contributed by atoms with van der Waals surface area (Å²) < 4.78 is 0. The average Bonchev–Trinajstić information content (AvgIpc) is 2.19. The molecule has 3 nitrogen and oxygen atoms in total. The van der Waals surface area contributed by atoms with Gasteiger partial charge >= 0.3 is 0 Å². The van der Waals surface area contributed by atoms with Crippen molar-refractivity contribution in [2.45, 2.75) is 32.2 Å². The van der Waals surface area contributed by atoms with Crippen molar-refractivity contribution in [3.05, 3.63) is 0 Å². The summed E-state index contributed by atoms with van der Waals surface area (Å²) in [7, 11) is 6.37. The molecule has 0 aliphatic carbocycles. The molecule has 96 valence electrons. The molecule has 1 aliphatic heterocycles. The van der Waals surface area contributed by atoms with Crippen LogP contribution in [0.25, 0.3) is 0 Å². The second-order valence-electron chi connectivity index (χ2n) is 5.84. The number of hydrogen-bond donors (Lipinski definition) is 1. The fourth-order valence-corrected chi connectivity index (χ4v) is 2.75. The molecule has 1 heterocycles. The highest BCUT2D eigenvalue weighted by Gasteiger charge is 2.37. The van der Waals surface area contributed by atoms with Gasteiger partial charge in [0.05, 0.1) is 0 Å². The van der Waals surface area contributed by atoms with E-state index in [4.69, 9.17) is 0 Å². The molecule has 0 saturated carbocycles. The first-order chi connectivity index (χ1) is 7.48. The van der Waals surface area contributed by atoms with E-state index in [0.717, 1.165) is 19.0 Å². The Morgan fingerprint density at radius 2 is 2.06 bits per heavy atom. The van der Waals surface area contributed by atoms with E-state index in [1.54, 1.807) is 0 Å². The lowest BCUT2D eigenvalue weighted by Gasteiger charge is -2.48. The molecule has 0 aromatic heterocycles. The highest BCUT2D eigenvalue weighted by atomic mass is 15.2. The molecule has 16 heavy (non-hydrogen) atoms. The Morgan fingerprint density at radius 3 is 2.62 bits per heavy atom. The van der Waals surface area contributed by atoms with E-state index in [2.05, 4.69) is 50.1 Å². The van der Waals surface area contributed by atoms with Crippen LogP contribution in [0.15, 0.2) is 0 Å². The van der Waals surface area contributed by atoms with Crippen molar-refractivity contribution >= 4 is 0 Å². The van der Waals surface area contributed by atoms with Gasteiger partial charge < -0.3 is 10.2 Å². The summed E-state index contributed by atoms with van der Waals surface area (Å²) in [5, 5.41) is 3.34. The topological polar surface area (TPSA) is 18.5 Å². The second-order valence-corrected chi connectivity index (χ2v) is 5.84. The van der Waals surface area contributed by atoms with Gasteiger partial charge in [-0.05, 0) is 66.8 Å². The van der Waals surface area contributed by atoms with Gasteiger partial charge in [0, 0.05) is 18.6 Å². The molecule has 0 spiro atoms. The lowest BCUT2D eigenvalue weighted by atomic mass is 9.79. The molecule has 0 radical (unpaired) electrons. The molecule has 0 aromatic carbocycles. The van der Waals surface area contributed by atoms with Gasteiger partial charge in [-0.1, -0.05) is 0 Å².